The first-order chi connectivity index (χ1) is 13.3. The summed E-state index contributed by atoms with van der Waals surface area (Å²) in [5.41, 5.74) is 2.44. The fraction of sp³-hybridized carbons (Fsp3) is 0.0500. The predicted octanol–water partition coefficient (Wildman–Crippen LogP) is 4.89. The lowest BCUT2D eigenvalue weighted by Crippen LogP contribution is -2.20. The summed E-state index contributed by atoms with van der Waals surface area (Å²) in [6.45, 7) is 0.329. The molecule has 0 aliphatic carbocycles. The van der Waals surface area contributed by atoms with E-state index < -0.39 is 0 Å². The highest BCUT2D eigenvalue weighted by atomic mass is 32.1. The Labute approximate surface area is 162 Å². The van der Waals surface area contributed by atoms with Gasteiger partial charge in [0.05, 0.1) is 29.0 Å². The zero-order valence-corrected chi connectivity index (χ0v) is 15.7. The lowest BCUT2D eigenvalue weighted by Gasteiger charge is -2.01. The van der Waals surface area contributed by atoms with Crippen LogP contribution in [0.5, 0.6) is 0 Å². The van der Waals surface area contributed by atoms with Gasteiger partial charge in [0.1, 0.15) is 11.0 Å². The Kier molecular flexibility index (Phi) is 3.95. The van der Waals surface area contributed by atoms with Crippen LogP contribution in [0.1, 0.15) is 5.69 Å². The highest BCUT2D eigenvalue weighted by Gasteiger charge is 2.13. The molecule has 0 bridgehead atoms. The van der Waals surface area contributed by atoms with E-state index in [1.54, 1.807) is 28.5 Å². The van der Waals surface area contributed by atoms with Crippen LogP contribution in [-0.4, -0.2) is 14.5 Å². The largest absolute Gasteiger partial charge is 0.443 e. The van der Waals surface area contributed by atoms with Crippen LogP contribution in [0.25, 0.3) is 31.4 Å². The number of thiophene rings is 2. The third kappa shape index (κ3) is 3.01. The van der Waals surface area contributed by atoms with Crippen molar-refractivity contribution in [1.82, 2.24) is 14.5 Å². The molecule has 0 saturated carbocycles. The molecule has 0 fully saturated rings. The van der Waals surface area contributed by atoms with E-state index in [2.05, 4.69) is 9.97 Å². The van der Waals surface area contributed by atoms with Gasteiger partial charge in [0.15, 0.2) is 0 Å². The van der Waals surface area contributed by atoms with Crippen LogP contribution in [0.15, 0.2) is 75.7 Å². The van der Waals surface area contributed by atoms with E-state index in [-0.39, 0.29) is 5.56 Å². The van der Waals surface area contributed by atoms with Gasteiger partial charge in [-0.3, -0.25) is 9.36 Å². The van der Waals surface area contributed by atoms with Gasteiger partial charge >= 0.3 is 0 Å². The van der Waals surface area contributed by atoms with Gasteiger partial charge in [-0.05, 0) is 23.1 Å². The van der Waals surface area contributed by atoms with Crippen molar-refractivity contribution in [2.24, 2.45) is 0 Å². The molecule has 0 unspecified atom stereocenters. The minimum absolute atomic E-state index is 0.0622. The van der Waals surface area contributed by atoms with Crippen LogP contribution in [-0.2, 0) is 6.54 Å². The molecular formula is C20H13N3O2S2. The average molecular weight is 391 g/mol. The van der Waals surface area contributed by atoms with Gasteiger partial charge in [0.2, 0.25) is 5.89 Å². The van der Waals surface area contributed by atoms with Gasteiger partial charge in [-0.25, -0.2) is 9.97 Å². The van der Waals surface area contributed by atoms with Gasteiger partial charge < -0.3 is 4.42 Å². The van der Waals surface area contributed by atoms with E-state index in [1.807, 2.05) is 53.9 Å². The molecule has 0 aliphatic heterocycles. The summed E-state index contributed by atoms with van der Waals surface area (Å²) < 4.78 is 7.76. The zero-order valence-electron chi connectivity index (χ0n) is 14.0. The van der Waals surface area contributed by atoms with Crippen LogP contribution >= 0.6 is 22.7 Å². The summed E-state index contributed by atoms with van der Waals surface area (Å²) in [5, 5.41) is 1.97. The molecule has 0 spiro atoms. The molecule has 0 saturated heterocycles. The highest BCUT2D eigenvalue weighted by Crippen LogP contribution is 2.30. The van der Waals surface area contributed by atoms with Gasteiger partial charge in [-0.15, -0.1) is 22.7 Å². The van der Waals surface area contributed by atoms with Gasteiger partial charge in [0, 0.05) is 4.88 Å². The minimum Gasteiger partial charge on any atom is -0.443 e. The maximum atomic E-state index is 12.9. The third-order valence-electron chi connectivity index (χ3n) is 4.18. The molecule has 0 aliphatic rings. The van der Waals surface area contributed by atoms with E-state index in [9.17, 15) is 4.79 Å². The maximum absolute atomic E-state index is 12.9. The summed E-state index contributed by atoms with van der Waals surface area (Å²) in [5.74, 6) is 0.574. The second-order valence-electron chi connectivity index (χ2n) is 5.99. The van der Waals surface area contributed by atoms with Gasteiger partial charge in [0.25, 0.3) is 5.56 Å². The molecule has 27 heavy (non-hydrogen) atoms. The van der Waals surface area contributed by atoms with Crippen molar-refractivity contribution in [3.63, 3.8) is 0 Å². The number of rotatable bonds is 4. The highest BCUT2D eigenvalue weighted by molar-refractivity contribution is 7.22. The Morgan fingerprint density at radius 2 is 1.96 bits per heavy atom. The number of fused-ring (bicyclic) bond motifs is 1. The maximum Gasteiger partial charge on any atom is 0.271 e. The van der Waals surface area contributed by atoms with E-state index in [1.165, 1.54) is 11.3 Å². The first-order valence-electron chi connectivity index (χ1n) is 8.30. The molecule has 5 rings (SSSR count). The second kappa shape index (κ2) is 6.61. The van der Waals surface area contributed by atoms with Crippen molar-refractivity contribution in [2.45, 2.75) is 6.54 Å². The normalized spacial score (nSPS) is 11.3. The first-order valence-corrected chi connectivity index (χ1v) is 10.0. The molecule has 0 radical (unpaired) electrons. The second-order valence-corrected chi connectivity index (χ2v) is 7.99. The minimum atomic E-state index is -0.0622. The summed E-state index contributed by atoms with van der Waals surface area (Å²) in [7, 11) is 0. The number of hydrogen-bond acceptors (Lipinski definition) is 6. The van der Waals surface area contributed by atoms with Crippen molar-refractivity contribution >= 4 is 32.9 Å². The summed E-state index contributed by atoms with van der Waals surface area (Å²) >= 11 is 3.03. The van der Waals surface area contributed by atoms with Crippen LogP contribution in [0.3, 0.4) is 0 Å². The zero-order chi connectivity index (χ0) is 18.2. The lowest BCUT2D eigenvalue weighted by molar-refractivity contribution is 0.572. The molecule has 4 heterocycles. The standard InChI is InChI=1S/C20H13N3O2S2/c24-20-18-15(9-17(27-18)13-5-2-1-3-6-13)21-12-23(20)10-14-11-25-19(22-14)16-7-4-8-26-16/h1-9,11-12H,10H2. The number of nitrogens with zero attached hydrogens (tertiary/aromatic N) is 3. The number of benzene rings is 1. The van der Waals surface area contributed by atoms with Crippen molar-refractivity contribution in [2.75, 3.05) is 0 Å². The quantitative estimate of drug-likeness (QED) is 0.438. The Bertz CT molecular complexity index is 1270. The molecule has 0 atom stereocenters. The van der Waals surface area contributed by atoms with Crippen molar-refractivity contribution in [3.05, 3.63) is 82.5 Å². The number of hydrogen-bond donors (Lipinski definition) is 0. The summed E-state index contributed by atoms with van der Waals surface area (Å²) in [6.07, 6.45) is 3.17. The molecule has 1 aromatic carbocycles. The Balaban J connectivity index is 1.49. The smallest absolute Gasteiger partial charge is 0.271 e. The van der Waals surface area contributed by atoms with Gasteiger partial charge in [-0.1, -0.05) is 36.4 Å². The molecule has 4 aromatic heterocycles. The van der Waals surface area contributed by atoms with Gasteiger partial charge in [-0.2, -0.15) is 0 Å². The van der Waals surface area contributed by atoms with Crippen LogP contribution in [0.2, 0.25) is 0 Å². The lowest BCUT2D eigenvalue weighted by atomic mass is 10.2. The monoisotopic (exact) mass is 391 g/mol. The van der Waals surface area contributed by atoms with E-state index in [0.29, 0.717) is 22.8 Å². The summed E-state index contributed by atoms with van der Waals surface area (Å²) in [6, 6.07) is 15.9. The predicted molar refractivity (Wildman–Crippen MR) is 108 cm³/mol. The molecule has 0 N–H and O–H groups in total. The fourth-order valence-electron chi connectivity index (χ4n) is 2.87. The summed E-state index contributed by atoms with van der Waals surface area (Å²) in [4.78, 5) is 23.8. The van der Waals surface area contributed by atoms with E-state index in [4.69, 9.17) is 4.42 Å². The number of oxazole rings is 1. The van der Waals surface area contributed by atoms with Crippen molar-refractivity contribution < 1.29 is 4.42 Å². The van der Waals surface area contributed by atoms with E-state index in [0.717, 1.165) is 20.8 Å². The van der Waals surface area contributed by atoms with Crippen LogP contribution in [0.4, 0.5) is 0 Å². The van der Waals surface area contributed by atoms with Crippen molar-refractivity contribution in [1.29, 1.82) is 0 Å². The average Bonchev–Trinajstić information content (AvgIpc) is 3.45. The third-order valence-corrected chi connectivity index (χ3v) is 6.20. The van der Waals surface area contributed by atoms with Crippen LogP contribution < -0.4 is 5.56 Å². The Morgan fingerprint density at radius 3 is 2.78 bits per heavy atom. The van der Waals surface area contributed by atoms with E-state index >= 15 is 0 Å². The molecule has 5 nitrogen and oxygen atoms in total. The first kappa shape index (κ1) is 16.2. The molecule has 132 valence electrons. The van der Waals surface area contributed by atoms with Crippen molar-refractivity contribution in [3.8, 4) is 21.2 Å². The fourth-order valence-corrected chi connectivity index (χ4v) is 4.59. The Hall–Kier alpha value is -3.03. The number of aromatic nitrogens is 3. The van der Waals surface area contributed by atoms with Crippen LogP contribution in [0, 0.1) is 0 Å². The topological polar surface area (TPSA) is 60.9 Å². The molecule has 5 aromatic rings. The SMILES string of the molecule is O=c1c2sc(-c3ccccc3)cc2ncn1Cc1coc(-c2cccs2)n1. The molecular weight excluding hydrogens is 378 g/mol. The molecule has 0 amide bonds. The Morgan fingerprint density at radius 1 is 1.07 bits per heavy atom. The molecule has 7 heteroatoms.